The van der Waals surface area contributed by atoms with E-state index >= 15 is 0 Å². The van der Waals surface area contributed by atoms with Crippen molar-refractivity contribution in [1.82, 2.24) is 10.2 Å². The number of aliphatic carboxylic acids is 1. The number of urea groups is 1. The summed E-state index contributed by atoms with van der Waals surface area (Å²) in [4.78, 5) is 24.4. The summed E-state index contributed by atoms with van der Waals surface area (Å²) in [6.45, 7) is 1.83. The molecule has 6 heteroatoms. The SMILES string of the molecule is CCN(C(=O)NC(CO)C(=O)O)C1CCCCC1. The fourth-order valence-corrected chi connectivity index (χ4v) is 2.38. The lowest BCUT2D eigenvalue weighted by Crippen LogP contribution is -2.52. The smallest absolute Gasteiger partial charge is 0.328 e. The van der Waals surface area contributed by atoms with Gasteiger partial charge in [-0.25, -0.2) is 9.59 Å². The van der Waals surface area contributed by atoms with Crippen molar-refractivity contribution in [2.24, 2.45) is 0 Å². The number of carbonyl (C=O) groups is 2. The zero-order valence-electron chi connectivity index (χ0n) is 10.8. The third-order valence-electron chi connectivity index (χ3n) is 3.40. The van der Waals surface area contributed by atoms with Gasteiger partial charge in [-0.05, 0) is 19.8 Å². The second kappa shape index (κ2) is 7.20. The number of hydrogen-bond acceptors (Lipinski definition) is 3. The van der Waals surface area contributed by atoms with Gasteiger partial charge in [0.25, 0.3) is 0 Å². The van der Waals surface area contributed by atoms with E-state index in [1.807, 2.05) is 6.92 Å². The van der Waals surface area contributed by atoms with Gasteiger partial charge in [-0.2, -0.15) is 0 Å². The van der Waals surface area contributed by atoms with Crippen LogP contribution in [0.2, 0.25) is 0 Å². The van der Waals surface area contributed by atoms with Crippen molar-refractivity contribution in [2.75, 3.05) is 13.2 Å². The molecule has 1 aliphatic rings. The second-order valence-electron chi connectivity index (χ2n) is 4.60. The average Bonchev–Trinajstić information content (AvgIpc) is 2.37. The Morgan fingerprint density at radius 3 is 2.39 bits per heavy atom. The molecule has 104 valence electrons. The van der Waals surface area contributed by atoms with Crippen LogP contribution in [0.5, 0.6) is 0 Å². The number of carboxylic acid groups (broad SMARTS) is 1. The fourth-order valence-electron chi connectivity index (χ4n) is 2.38. The molecule has 1 unspecified atom stereocenters. The first-order valence-electron chi connectivity index (χ1n) is 6.51. The molecule has 0 radical (unpaired) electrons. The van der Waals surface area contributed by atoms with Gasteiger partial charge in [0.15, 0.2) is 6.04 Å². The van der Waals surface area contributed by atoms with Gasteiger partial charge < -0.3 is 20.4 Å². The molecule has 6 nitrogen and oxygen atoms in total. The van der Waals surface area contributed by atoms with Gasteiger partial charge in [-0.15, -0.1) is 0 Å². The highest BCUT2D eigenvalue weighted by molar-refractivity contribution is 5.82. The number of aliphatic hydroxyl groups is 1. The Hall–Kier alpha value is -1.30. The Kier molecular flexibility index (Phi) is 5.91. The number of rotatable bonds is 5. The molecule has 1 aliphatic carbocycles. The topological polar surface area (TPSA) is 89.9 Å². The molecule has 1 rings (SSSR count). The lowest BCUT2D eigenvalue weighted by Gasteiger charge is -2.34. The van der Waals surface area contributed by atoms with Gasteiger partial charge in [0, 0.05) is 12.6 Å². The van der Waals surface area contributed by atoms with Gasteiger partial charge in [-0.1, -0.05) is 19.3 Å². The van der Waals surface area contributed by atoms with Gasteiger partial charge in [-0.3, -0.25) is 0 Å². The van der Waals surface area contributed by atoms with Crippen LogP contribution in [-0.2, 0) is 4.79 Å². The number of carboxylic acids is 1. The maximum atomic E-state index is 12.0. The van der Waals surface area contributed by atoms with E-state index in [-0.39, 0.29) is 6.04 Å². The summed E-state index contributed by atoms with van der Waals surface area (Å²) in [5.74, 6) is -1.22. The molecule has 0 heterocycles. The molecule has 0 spiro atoms. The van der Waals surface area contributed by atoms with Gasteiger partial charge >= 0.3 is 12.0 Å². The van der Waals surface area contributed by atoms with Crippen LogP contribution in [-0.4, -0.2) is 52.3 Å². The molecule has 1 fully saturated rings. The molecule has 18 heavy (non-hydrogen) atoms. The van der Waals surface area contributed by atoms with Crippen LogP contribution in [0.25, 0.3) is 0 Å². The quantitative estimate of drug-likeness (QED) is 0.680. The number of carbonyl (C=O) groups excluding carboxylic acids is 1. The zero-order valence-corrected chi connectivity index (χ0v) is 10.8. The van der Waals surface area contributed by atoms with E-state index in [0.29, 0.717) is 6.54 Å². The highest BCUT2D eigenvalue weighted by Gasteiger charge is 2.27. The summed E-state index contributed by atoms with van der Waals surface area (Å²) >= 11 is 0. The van der Waals surface area contributed by atoms with Crippen LogP contribution in [0.1, 0.15) is 39.0 Å². The molecular weight excluding hydrogens is 236 g/mol. The van der Waals surface area contributed by atoms with Crippen LogP contribution in [0.4, 0.5) is 4.79 Å². The van der Waals surface area contributed by atoms with Crippen molar-refractivity contribution in [1.29, 1.82) is 0 Å². The van der Waals surface area contributed by atoms with Crippen LogP contribution in [0, 0.1) is 0 Å². The number of amides is 2. The minimum Gasteiger partial charge on any atom is -0.480 e. The lowest BCUT2D eigenvalue weighted by atomic mass is 9.94. The monoisotopic (exact) mass is 258 g/mol. The molecule has 0 saturated heterocycles. The number of nitrogens with zero attached hydrogens (tertiary/aromatic N) is 1. The van der Waals surface area contributed by atoms with E-state index < -0.39 is 24.6 Å². The number of aliphatic hydroxyl groups excluding tert-OH is 1. The average molecular weight is 258 g/mol. The normalized spacial score (nSPS) is 18.1. The standard InChI is InChI=1S/C12H22N2O4/c1-2-14(9-6-4-3-5-7-9)12(18)13-10(8-15)11(16)17/h9-10,15H,2-8H2,1H3,(H,13,18)(H,16,17). The summed E-state index contributed by atoms with van der Waals surface area (Å²) in [5.41, 5.74) is 0. The Morgan fingerprint density at radius 2 is 1.94 bits per heavy atom. The second-order valence-corrected chi connectivity index (χ2v) is 4.60. The molecule has 2 amide bonds. The highest BCUT2D eigenvalue weighted by atomic mass is 16.4. The highest BCUT2D eigenvalue weighted by Crippen LogP contribution is 2.22. The molecule has 0 aliphatic heterocycles. The third-order valence-corrected chi connectivity index (χ3v) is 3.40. The maximum Gasteiger partial charge on any atom is 0.328 e. The largest absolute Gasteiger partial charge is 0.480 e. The van der Waals surface area contributed by atoms with Crippen molar-refractivity contribution >= 4 is 12.0 Å². The van der Waals surface area contributed by atoms with Crippen LogP contribution in [0.15, 0.2) is 0 Å². The van der Waals surface area contributed by atoms with Crippen molar-refractivity contribution in [3.63, 3.8) is 0 Å². The molecule has 0 aromatic carbocycles. The summed E-state index contributed by atoms with van der Waals surface area (Å²) in [5, 5.41) is 20.0. The molecule has 0 aromatic heterocycles. The van der Waals surface area contributed by atoms with Crippen LogP contribution in [0.3, 0.4) is 0 Å². The summed E-state index contributed by atoms with van der Waals surface area (Å²) in [6.07, 6.45) is 5.36. The van der Waals surface area contributed by atoms with Crippen LogP contribution < -0.4 is 5.32 Å². The predicted octanol–water partition coefficient (Wildman–Crippen LogP) is 0.796. The molecular formula is C12H22N2O4. The lowest BCUT2D eigenvalue weighted by molar-refractivity contribution is -0.140. The Bertz CT molecular complexity index is 290. The first-order chi connectivity index (χ1) is 8.60. The third kappa shape index (κ3) is 3.87. The van der Waals surface area contributed by atoms with Gasteiger partial charge in [0.1, 0.15) is 0 Å². The Balaban J connectivity index is 2.57. The Labute approximate surface area is 107 Å². The maximum absolute atomic E-state index is 12.0. The minimum absolute atomic E-state index is 0.192. The minimum atomic E-state index is -1.23. The van der Waals surface area contributed by atoms with Crippen molar-refractivity contribution in [3.8, 4) is 0 Å². The zero-order chi connectivity index (χ0) is 13.5. The van der Waals surface area contributed by atoms with Crippen molar-refractivity contribution < 1.29 is 19.8 Å². The summed E-state index contributed by atoms with van der Waals surface area (Å²) in [7, 11) is 0. The molecule has 1 saturated carbocycles. The van der Waals surface area contributed by atoms with E-state index in [2.05, 4.69) is 5.32 Å². The molecule has 0 bridgehead atoms. The van der Waals surface area contributed by atoms with Gasteiger partial charge in [0.2, 0.25) is 0 Å². The van der Waals surface area contributed by atoms with Gasteiger partial charge in [0.05, 0.1) is 6.61 Å². The van der Waals surface area contributed by atoms with Crippen molar-refractivity contribution in [3.05, 3.63) is 0 Å². The molecule has 0 aromatic rings. The van der Waals surface area contributed by atoms with E-state index in [4.69, 9.17) is 10.2 Å². The first kappa shape index (κ1) is 14.8. The molecule has 3 N–H and O–H groups in total. The van der Waals surface area contributed by atoms with E-state index in [0.717, 1.165) is 25.7 Å². The van der Waals surface area contributed by atoms with Crippen molar-refractivity contribution in [2.45, 2.75) is 51.1 Å². The number of hydrogen-bond donors (Lipinski definition) is 3. The molecule has 1 atom stereocenters. The summed E-state index contributed by atoms with van der Waals surface area (Å²) in [6, 6.07) is -1.43. The summed E-state index contributed by atoms with van der Waals surface area (Å²) < 4.78 is 0. The predicted molar refractivity (Wildman–Crippen MR) is 66.3 cm³/mol. The fraction of sp³-hybridized carbons (Fsp3) is 0.833. The number of nitrogens with one attached hydrogen (secondary N) is 1. The Morgan fingerprint density at radius 1 is 1.33 bits per heavy atom. The van der Waals surface area contributed by atoms with E-state index in [1.165, 1.54) is 6.42 Å². The van der Waals surface area contributed by atoms with E-state index in [1.54, 1.807) is 4.90 Å². The van der Waals surface area contributed by atoms with Crippen LogP contribution >= 0.6 is 0 Å². The first-order valence-corrected chi connectivity index (χ1v) is 6.51. The van der Waals surface area contributed by atoms with E-state index in [9.17, 15) is 9.59 Å².